The van der Waals surface area contributed by atoms with Crippen molar-refractivity contribution >= 4 is 11.8 Å². The second kappa shape index (κ2) is 5.20. The summed E-state index contributed by atoms with van der Waals surface area (Å²) in [6, 6.07) is 0.859. The highest BCUT2D eigenvalue weighted by Gasteiger charge is 2.35. The largest absolute Gasteiger partial charge is 0.433 e. The monoisotopic (exact) mass is 278 g/mol. The Hall–Kier alpha value is -1.57. The average Bonchev–Trinajstić information content (AvgIpc) is 2.36. The molecule has 0 fully saturated rings. The van der Waals surface area contributed by atoms with Crippen LogP contribution in [0.5, 0.6) is 0 Å². The second-order valence-corrected chi connectivity index (χ2v) is 4.71. The van der Waals surface area contributed by atoms with Crippen LogP contribution < -0.4 is 10.2 Å². The van der Waals surface area contributed by atoms with E-state index in [1.807, 2.05) is 0 Å². The first kappa shape index (κ1) is 15.5. The van der Waals surface area contributed by atoms with E-state index in [2.05, 4.69) is 15.3 Å². The molecule has 0 atom stereocenters. The Morgan fingerprint density at radius 3 is 2.32 bits per heavy atom. The fraction of sp³-hybridized carbons (Fsp3) is 0.636. The van der Waals surface area contributed by atoms with E-state index >= 15 is 0 Å². The molecule has 0 radical (unpaired) electrons. The van der Waals surface area contributed by atoms with Gasteiger partial charge in [-0.05, 0) is 13.8 Å². The van der Waals surface area contributed by atoms with Crippen molar-refractivity contribution in [2.45, 2.75) is 25.6 Å². The Labute approximate surface area is 109 Å². The standard InChI is InChI=1S/C11H17F3N4O/c1-10(2,6-19)18(4)8-5-7(11(12,13)14)16-9(15-3)17-8/h5,19H,6H2,1-4H3,(H,15,16,17). The van der Waals surface area contributed by atoms with Crippen LogP contribution in [0.1, 0.15) is 19.5 Å². The molecular formula is C11H17F3N4O. The minimum atomic E-state index is -4.55. The number of aromatic nitrogens is 2. The van der Waals surface area contributed by atoms with Crippen LogP contribution in [0, 0.1) is 0 Å². The Morgan fingerprint density at radius 1 is 1.32 bits per heavy atom. The van der Waals surface area contributed by atoms with Gasteiger partial charge in [-0.25, -0.2) is 4.98 Å². The lowest BCUT2D eigenvalue weighted by atomic mass is 10.1. The van der Waals surface area contributed by atoms with Gasteiger partial charge in [-0.3, -0.25) is 0 Å². The zero-order valence-corrected chi connectivity index (χ0v) is 11.2. The lowest BCUT2D eigenvalue weighted by Crippen LogP contribution is -2.45. The third kappa shape index (κ3) is 3.46. The van der Waals surface area contributed by atoms with E-state index in [1.54, 1.807) is 20.9 Å². The number of alkyl halides is 3. The molecule has 0 unspecified atom stereocenters. The molecule has 0 saturated heterocycles. The van der Waals surface area contributed by atoms with E-state index in [0.29, 0.717) is 0 Å². The molecule has 0 aliphatic rings. The molecule has 19 heavy (non-hydrogen) atoms. The zero-order valence-electron chi connectivity index (χ0n) is 11.2. The third-order valence-electron chi connectivity index (χ3n) is 2.87. The lowest BCUT2D eigenvalue weighted by molar-refractivity contribution is -0.141. The first-order valence-corrected chi connectivity index (χ1v) is 5.60. The maximum atomic E-state index is 12.7. The number of aliphatic hydroxyl groups is 1. The van der Waals surface area contributed by atoms with Crippen LogP contribution in [0.3, 0.4) is 0 Å². The van der Waals surface area contributed by atoms with Crippen molar-refractivity contribution < 1.29 is 18.3 Å². The normalized spacial score (nSPS) is 12.4. The third-order valence-corrected chi connectivity index (χ3v) is 2.87. The molecule has 0 amide bonds. The van der Waals surface area contributed by atoms with Gasteiger partial charge in [0.25, 0.3) is 0 Å². The number of rotatable bonds is 4. The Bertz CT molecular complexity index is 448. The number of hydrogen-bond acceptors (Lipinski definition) is 5. The highest BCUT2D eigenvalue weighted by atomic mass is 19.4. The Balaban J connectivity index is 3.28. The van der Waals surface area contributed by atoms with Crippen molar-refractivity contribution in [1.29, 1.82) is 0 Å². The lowest BCUT2D eigenvalue weighted by Gasteiger charge is -2.35. The van der Waals surface area contributed by atoms with Crippen LogP contribution in [-0.2, 0) is 6.18 Å². The maximum Gasteiger partial charge on any atom is 0.433 e. The Kier molecular flexibility index (Phi) is 4.24. The molecular weight excluding hydrogens is 261 g/mol. The van der Waals surface area contributed by atoms with Gasteiger partial charge in [0.1, 0.15) is 5.82 Å². The quantitative estimate of drug-likeness (QED) is 0.878. The number of nitrogens with one attached hydrogen (secondary N) is 1. The predicted molar refractivity (Wildman–Crippen MR) is 66.1 cm³/mol. The van der Waals surface area contributed by atoms with Gasteiger partial charge in [0.05, 0.1) is 12.1 Å². The molecule has 1 heterocycles. The van der Waals surface area contributed by atoms with Crippen LogP contribution in [0.15, 0.2) is 6.07 Å². The maximum absolute atomic E-state index is 12.7. The number of aliphatic hydroxyl groups excluding tert-OH is 1. The minimum absolute atomic E-state index is 0.0886. The zero-order chi connectivity index (χ0) is 14.8. The van der Waals surface area contributed by atoms with Crippen molar-refractivity contribution in [3.05, 3.63) is 11.8 Å². The second-order valence-electron chi connectivity index (χ2n) is 4.71. The molecule has 8 heteroatoms. The summed E-state index contributed by atoms with van der Waals surface area (Å²) in [5.74, 6) is -0.0314. The van der Waals surface area contributed by atoms with E-state index in [9.17, 15) is 18.3 Å². The number of likely N-dealkylation sites (N-methyl/N-ethyl adjacent to an activating group) is 1. The van der Waals surface area contributed by atoms with Crippen molar-refractivity contribution in [1.82, 2.24) is 9.97 Å². The number of halogens is 3. The van der Waals surface area contributed by atoms with Crippen molar-refractivity contribution in [2.24, 2.45) is 0 Å². The van der Waals surface area contributed by atoms with Crippen LogP contribution in [0.2, 0.25) is 0 Å². The van der Waals surface area contributed by atoms with Gasteiger partial charge in [0.2, 0.25) is 5.95 Å². The molecule has 0 aliphatic carbocycles. The minimum Gasteiger partial charge on any atom is -0.394 e. The van der Waals surface area contributed by atoms with Crippen LogP contribution in [-0.4, -0.2) is 41.3 Å². The summed E-state index contributed by atoms with van der Waals surface area (Å²) in [5.41, 5.74) is -1.76. The molecule has 0 aromatic carbocycles. The summed E-state index contributed by atoms with van der Waals surface area (Å²) in [6.07, 6.45) is -4.55. The summed E-state index contributed by atoms with van der Waals surface area (Å²) in [6.45, 7) is 3.17. The summed E-state index contributed by atoms with van der Waals surface area (Å²) in [4.78, 5) is 8.83. The van der Waals surface area contributed by atoms with Crippen molar-refractivity contribution in [3.63, 3.8) is 0 Å². The molecule has 1 aromatic rings. The van der Waals surface area contributed by atoms with Gasteiger partial charge in [-0.15, -0.1) is 0 Å². The smallest absolute Gasteiger partial charge is 0.394 e. The van der Waals surface area contributed by atoms with Gasteiger partial charge in [-0.2, -0.15) is 18.2 Å². The van der Waals surface area contributed by atoms with E-state index < -0.39 is 17.4 Å². The van der Waals surface area contributed by atoms with E-state index in [0.717, 1.165) is 6.07 Å². The summed E-state index contributed by atoms with van der Waals surface area (Å²) in [7, 11) is 3.01. The number of nitrogens with zero attached hydrogens (tertiary/aromatic N) is 3. The fourth-order valence-corrected chi connectivity index (χ4v) is 1.28. The van der Waals surface area contributed by atoms with Gasteiger partial charge < -0.3 is 15.3 Å². The van der Waals surface area contributed by atoms with E-state index in [4.69, 9.17) is 0 Å². The highest BCUT2D eigenvalue weighted by molar-refractivity contribution is 5.46. The number of anilines is 2. The number of hydrogen-bond donors (Lipinski definition) is 2. The van der Waals surface area contributed by atoms with Gasteiger partial charge in [-0.1, -0.05) is 0 Å². The summed E-state index contributed by atoms with van der Waals surface area (Å²) < 4.78 is 38.2. The fourth-order valence-electron chi connectivity index (χ4n) is 1.28. The SMILES string of the molecule is CNc1nc(N(C)C(C)(C)CO)cc(C(F)(F)F)n1. The van der Waals surface area contributed by atoms with Crippen LogP contribution >= 0.6 is 0 Å². The molecule has 1 aromatic heterocycles. The van der Waals surface area contributed by atoms with E-state index in [-0.39, 0.29) is 18.4 Å². The van der Waals surface area contributed by atoms with Gasteiger partial charge >= 0.3 is 6.18 Å². The molecule has 0 bridgehead atoms. The summed E-state index contributed by atoms with van der Waals surface area (Å²) in [5, 5.41) is 11.8. The van der Waals surface area contributed by atoms with Gasteiger partial charge in [0.15, 0.2) is 5.69 Å². The van der Waals surface area contributed by atoms with Crippen LogP contribution in [0.4, 0.5) is 24.9 Å². The molecule has 0 saturated carbocycles. The van der Waals surface area contributed by atoms with Crippen molar-refractivity contribution in [3.8, 4) is 0 Å². The molecule has 0 aliphatic heterocycles. The molecule has 108 valence electrons. The molecule has 2 N–H and O–H groups in total. The first-order chi connectivity index (χ1) is 8.61. The predicted octanol–water partition coefficient (Wildman–Crippen LogP) is 1.74. The van der Waals surface area contributed by atoms with Crippen LogP contribution in [0.25, 0.3) is 0 Å². The van der Waals surface area contributed by atoms with E-state index in [1.165, 1.54) is 11.9 Å². The molecule has 0 spiro atoms. The molecule has 1 rings (SSSR count). The average molecular weight is 278 g/mol. The highest BCUT2D eigenvalue weighted by Crippen LogP contribution is 2.31. The summed E-state index contributed by atoms with van der Waals surface area (Å²) >= 11 is 0. The first-order valence-electron chi connectivity index (χ1n) is 5.60. The van der Waals surface area contributed by atoms with Crippen molar-refractivity contribution in [2.75, 3.05) is 30.9 Å². The molecule has 5 nitrogen and oxygen atoms in total. The van der Waals surface area contributed by atoms with Gasteiger partial charge in [0, 0.05) is 20.2 Å². The Morgan fingerprint density at radius 2 is 1.89 bits per heavy atom. The topological polar surface area (TPSA) is 61.3 Å².